The van der Waals surface area contributed by atoms with Gasteiger partial charge < -0.3 is 4.74 Å². The minimum atomic E-state index is -0.142. The Hall–Kier alpha value is 0.330. The van der Waals surface area contributed by atoms with Crippen LogP contribution in [0.2, 0.25) is 0 Å². The number of rotatable bonds is 3. The molecule has 0 fully saturated rings. The second kappa shape index (κ2) is 4.26. The Balaban J connectivity index is 3.46. The molecule has 0 aromatic rings. The number of carbonyl (C=O) groups is 1. The maximum Gasteiger partial charge on any atom is 0.305 e. The Bertz CT molecular complexity index is 117. The molecule has 0 saturated carbocycles. The highest BCUT2D eigenvalue weighted by Gasteiger charge is 2.12. The summed E-state index contributed by atoms with van der Waals surface area (Å²) in [6, 6.07) is 0. The van der Waals surface area contributed by atoms with Crippen molar-refractivity contribution in [2.24, 2.45) is 0 Å². The summed E-state index contributed by atoms with van der Waals surface area (Å²) in [6.45, 7) is 2.03. The van der Waals surface area contributed by atoms with Crippen molar-refractivity contribution < 1.29 is 9.53 Å². The third-order valence-corrected chi connectivity index (χ3v) is 1.67. The second-order valence-electron chi connectivity index (χ2n) is 2.58. The molecule has 2 nitrogen and oxygen atoms in total. The zero-order valence-corrected chi connectivity index (χ0v) is 8.69. The zero-order valence-electron chi connectivity index (χ0n) is 6.39. The van der Waals surface area contributed by atoms with E-state index < -0.39 is 0 Å². The van der Waals surface area contributed by atoms with E-state index in [9.17, 15) is 4.79 Å². The minimum absolute atomic E-state index is 0.0637. The molecule has 0 saturated heterocycles. The van der Waals surface area contributed by atoms with Gasteiger partial charge in [-0.15, -0.1) is 18.5 Å². The maximum absolute atomic E-state index is 10.6. The Morgan fingerprint density at radius 1 is 1.60 bits per heavy atom. The van der Waals surface area contributed by atoms with E-state index in [1.54, 1.807) is 0 Å². The second-order valence-corrected chi connectivity index (χ2v) is 5.89. The van der Waals surface area contributed by atoms with Gasteiger partial charge in [-0.2, -0.15) is 0 Å². The molecule has 0 spiro atoms. The van der Waals surface area contributed by atoms with E-state index in [-0.39, 0.29) is 10.9 Å². The third-order valence-electron chi connectivity index (χ3n) is 1.10. The van der Waals surface area contributed by atoms with Gasteiger partial charge in [-0.1, -0.05) is 6.92 Å². The molecule has 0 rings (SSSR count). The molecule has 0 aliphatic rings. The number of hydrogen-bond donors (Lipinski definition) is 0. The third kappa shape index (κ3) is 6.45. The quantitative estimate of drug-likeness (QED) is 0.484. The van der Waals surface area contributed by atoms with Crippen LogP contribution in [0.15, 0.2) is 0 Å². The lowest BCUT2D eigenvalue weighted by atomic mass is 10.2. The maximum atomic E-state index is 10.6. The Kier molecular flexibility index (Phi) is 4.40. The molecule has 0 radical (unpaired) electrons. The zero-order chi connectivity index (χ0) is 8.20. The summed E-state index contributed by atoms with van der Waals surface area (Å²) in [5.41, 5.74) is 0. The van der Waals surface area contributed by atoms with Crippen molar-refractivity contribution in [1.29, 1.82) is 0 Å². The van der Waals surface area contributed by atoms with Crippen LogP contribution in [0.25, 0.3) is 0 Å². The summed E-state index contributed by atoms with van der Waals surface area (Å²) in [5.74, 6) is -0.142. The number of esters is 1. The molecule has 0 amide bonds. The van der Waals surface area contributed by atoms with Gasteiger partial charge in [0.05, 0.1) is 7.11 Å². The van der Waals surface area contributed by atoms with Crippen LogP contribution < -0.4 is 0 Å². The number of methoxy groups -OCH3 is 1. The van der Waals surface area contributed by atoms with Gasteiger partial charge in [0.15, 0.2) is 0 Å². The SMILES string of the molecule is COC(=O)CCC(C)(P)P. The highest BCUT2D eigenvalue weighted by molar-refractivity contribution is 7.39. The van der Waals surface area contributed by atoms with Gasteiger partial charge in [0.1, 0.15) is 0 Å². The van der Waals surface area contributed by atoms with Crippen molar-refractivity contribution in [3.8, 4) is 0 Å². The van der Waals surface area contributed by atoms with Crippen LogP contribution in [-0.4, -0.2) is 18.0 Å². The molecular formula is C6H14O2P2. The van der Waals surface area contributed by atoms with Crippen LogP contribution in [0.4, 0.5) is 0 Å². The molecule has 10 heavy (non-hydrogen) atoms. The van der Waals surface area contributed by atoms with Crippen LogP contribution in [-0.2, 0) is 9.53 Å². The van der Waals surface area contributed by atoms with Crippen molar-refractivity contribution in [3.05, 3.63) is 0 Å². The van der Waals surface area contributed by atoms with Gasteiger partial charge in [-0.05, 0) is 11.3 Å². The summed E-state index contributed by atoms with van der Waals surface area (Å²) in [6.07, 6.45) is 1.30. The first kappa shape index (κ1) is 10.3. The molecule has 0 N–H and O–H groups in total. The lowest BCUT2D eigenvalue weighted by Crippen LogP contribution is -2.09. The van der Waals surface area contributed by atoms with Gasteiger partial charge >= 0.3 is 5.97 Å². The summed E-state index contributed by atoms with van der Waals surface area (Å²) < 4.78 is 4.49. The lowest BCUT2D eigenvalue weighted by Gasteiger charge is -2.15. The van der Waals surface area contributed by atoms with Crippen molar-refractivity contribution in [1.82, 2.24) is 0 Å². The average molecular weight is 180 g/mol. The molecule has 2 atom stereocenters. The standard InChI is InChI=1S/C6H14O2P2/c1-6(9,10)4-3-5(7)8-2/h3-4,9-10H2,1-2H3. The van der Waals surface area contributed by atoms with Crippen LogP contribution in [0, 0.1) is 0 Å². The van der Waals surface area contributed by atoms with Gasteiger partial charge in [-0.3, -0.25) is 4.79 Å². The highest BCUT2D eigenvalue weighted by Crippen LogP contribution is 2.30. The van der Waals surface area contributed by atoms with E-state index in [0.29, 0.717) is 6.42 Å². The summed E-state index contributed by atoms with van der Waals surface area (Å²) >= 11 is 0. The molecular weight excluding hydrogens is 166 g/mol. The normalized spacial score (nSPS) is 11.2. The predicted octanol–water partition coefficient (Wildman–Crippen LogP) is 1.41. The molecule has 2 unspecified atom stereocenters. The van der Waals surface area contributed by atoms with E-state index >= 15 is 0 Å². The molecule has 0 aliphatic heterocycles. The largest absolute Gasteiger partial charge is 0.469 e. The molecule has 0 aromatic carbocycles. The topological polar surface area (TPSA) is 26.3 Å². The van der Waals surface area contributed by atoms with E-state index in [0.717, 1.165) is 6.42 Å². The highest BCUT2D eigenvalue weighted by atomic mass is 31.1. The molecule has 60 valence electrons. The monoisotopic (exact) mass is 180 g/mol. The lowest BCUT2D eigenvalue weighted by molar-refractivity contribution is -0.140. The van der Waals surface area contributed by atoms with E-state index in [2.05, 4.69) is 23.2 Å². The Labute approximate surface area is 66.5 Å². The van der Waals surface area contributed by atoms with Gasteiger partial charge in [0, 0.05) is 6.42 Å². The molecule has 4 heteroatoms. The number of carbonyl (C=O) groups excluding carboxylic acids is 1. The van der Waals surface area contributed by atoms with Gasteiger partial charge in [0.25, 0.3) is 0 Å². The molecule has 0 heterocycles. The smallest absolute Gasteiger partial charge is 0.305 e. The van der Waals surface area contributed by atoms with Crippen LogP contribution in [0.1, 0.15) is 19.8 Å². The fraction of sp³-hybridized carbons (Fsp3) is 0.833. The average Bonchev–Trinajstić information content (AvgIpc) is 1.81. The number of hydrogen-bond acceptors (Lipinski definition) is 2. The summed E-state index contributed by atoms with van der Waals surface area (Å²) in [5, 5.41) is 0. The first-order chi connectivity index (χ1) is 4.45. The van der Waals surface area contributed by atoms with Gasteiger partial charge in [0.2, 0.25) is 0 Å². The number of ether oxygens (including phenoxy) is 1. The van der Waals surface area contributed by atoms with E-state index in [1.165, 1.54) is 7.11 Å². The summed E-state index contributed by atoms with van der Waals surface area (Å²) in [4.78, 5) is 10.7. The van der Waals surface area contributed by atoms with E-state index in [1.807, 2.05) is 6.92 Å². The first-order valence-corrected chi connectivity index (χ1v) is 4.26. The van der Waals surface area contributed by atoms with Crippen molar-refractivity contribution in [2.45, 2.75) is 24.7 Å². The van der Waals surface area contributed by atoms with Crippen molar-refractivity contribution >= 4 is 24.4 Å². The fourth-order valence-corrected chi connectivity index (χ4v) is 0.762. The Morgan fingerprint density at radius 3 is 2.40 bits per heavy atom. The van der Waals surface area contributed by atoms with E-state index in [4.69, 9.17) is 0 Å². The summed E-state index contributed by atoms with van der Waals surface area (Å²) in [7, 11) is 6.72. The van der Waals surface area contributed by atoms with Crippen molar-refractivity contribution in [2.75, 3.05) is 7.11 Å². The molecule has 0 aliphatic carbocycles. The van der Waals surface area contributed by atoms with Crippen LogP contribution in [0.5, 0.6) is 0 Å². The molecule has 0 aromatic heterocycles. The Morgan fingerprint density at radius 2 is 2.10 bits per heavy atom. The van der Waals surface area contributed by atoms with Crippen molar-refractivity contribution in [3.63, 3.8) is 0 Å². The molecule has 0 bridgehead atoms. The fourth-order valence-electron chi connectivity index (χ4n) is 0.473. The minimum Gasteiger partial charge on any atom is -0.469 e. The van der Waals surface area contributed by atoms with Gasteiger partial charge in [-0.25, -0.2) is 0 Å². The predicted molar refractivity (Wildman–Crippen MR) is 49.1 cm³/mol. The van der Waals surface area contributed by atoms with Crippen LogP contribution in [0.3, 0.4) is 0 Å². The van der Waals surface area contributed by atoms with Crippen LogP contribution >= 0.6 is 18.5 Å². The first-order valence-electron chi connectivity index (χ1n) is 3.10.